The van der Waals surface area contributed by atoms with Crippen molar-refractivity contribution >= 4 is 17.6 Å². The van der Waals surface area contributed by atoms with Crippen molar-refractivity contribution in [1.82, 2.24) is 0 Å². The van der Waals surface area contributed by atoms with Gasteiger partial charge in [0.2, 0.25) is 0 Å². The van der Waals surface area contributed by atoms with Gasteiger partial charge in [0.15, 0.2) is 6.10 Å². The molecule has 4 nitrogen and oxygen atoms in total. The molecule has 4 heteroatoms. The molecule has 0 saturated heterocycles. The molecule has 1 unspecified atom stereocenters. The first kappa shape index (κ1) is 17.0. The van der Waals surface area contributed by atoms with Crippen LogP contribution in [0.1, 0.15) is 40.2 Å². The molecular weight excluding hydrogens is 266 g/mol. The van der Waals surface area contributed by atoms with Crippen molar-refractivity contribution in [2.24, 2.45) is 0 Å². The van der Waals surface area contributed by atoms with Crippen molar-refractivity contribution in [1.29, 1.82) is 0 Å². The van der Waals surface area contributed by atoms with E-state index in [-0.39, 0.29) is 11.3 Å². The fraction of sp³-hybridized carbons (Fsp3) is 0.412. The fourth-order valence-electron chi connectivity index (χ4n) is 1.70. The maximum Gasteiger partial charge on any atom is 0.331 e. The number of carbonyl (C=O) groups is 2. The quantitative estimate of drug-likeness (QED) is 0.682. The molecular formula is C17H23NO3. The van der Waals surface area contributed by atoms with E-state index in [0.717, 1.165) is 0 Å². The molecule has 0 aliphatic rings. The van der Waals surface area contributed by atoms with E-state index in [1.807, 2.05) is 24.3 Å². The number of anilines is 1. The maximum atomic E-state index is 11.9. The van der Waals surface area contributed by atoms with Crippen molar-refractivity contribution in [2.75, 3.05) is 5.32 Å². The number of allylic oxidation sites excluding steroid dienone is 1. The van der Waals surface area contributed by atoms with Gasteiger partial charge in [-0.3, -0.25) is 4.79 Å². The predicted molar refractivity (Wildman–Crippen MR) is 84.1 cm³/mol. The van der Waals surface area contributed by atoms with Gasteiger partial charge in [-0.05, 0) is 37.0 Å². The molecule has 0 aliphatic heterocycles. The molecule has 114 valence electrons. The van der Waals surface area contributed by atoms with Gasteiger partial charge in [0, 0.05) is 11.8 Å². The molecule has 0 aromatic heterocycles. The van der Waals surface area contributed by atoms with Crippen LogP contribution in [0.25, 0.3) is 0 Å². The number of esters is 1. The number of benzene rings is 1. The molecule has 1 amide bonds. The van der Waals surface area contributed by atoms with Gasteiger partial charge in [-0.25, -0.2) is 4.79 Å². The number of rotatable bonds is 4. The molecule has 21 heavy (non-hydrogen) atoms. The number of nitrogens with one attached hydrogen (secondary N) is 1. The molecule has 1 aromatic rings. The summed E-state index contributed by atoms with van der Waals surface area (Å²) in [5.41, 5.74) is 1.94. The highest BCUT2D eigenvalue weighted by Gasteiger charge is 2.17. The molecule has 1 rings (SSSR count). The first-order valence-electron chi connectivity index (χ1n) is 6.98. The van der Waals surface area contributed by atoms with Gasteiger partial charge in [-0.15, -0.1) is 0 Å². The van der Waals surface area contributed by atoms with E-state index in [1.54, 1.807) is 19.9 Å². The summed E-state index contributed by atoms with van der Waals surface area (Å²) in [5, 5.41) is 2.73. The largest absolute Gasteiger partial charge is 0.449 e. The van der Waals surface area contributed by atoms with Crippen molar-refractivity contribution < 1.29 is 14.3 Å². The topological polar surface area (TPSA) is 55.4 Å². The van der Waals surface area contributed by atoms with Crippen LogP contribution >= 0.6 is 0 Å². The van der Waals surface area contributed by atoms with Crippen molar-refractivity contribution in [3.8, 4) is 0 Å². The van der Waals surface area contributed by atoms with E-state index >= 15 is 0 Å². The minimum atomic E-state index is -0.837. The highest BCUT2D eigenvalue weighted by atomic mass is 16.5. The lowest BCUT2D eigenvalue weighted by atomic mass is 9.87. The van der Waals surface area contributed by atoms with Gasteiger partial charge in [-0.1, -0.05) is 39.0 Å². The van der Waals surface area contributed by atoms with Crippen LogP contribution in [0.5, 0.6) is 0 Å². The Bertz CT molecular complexity index is 524. The summed E-state index contributed by atoms with van der Waals surface area (Å²) in [6, 6.07) is 7.65. The van der Waals surface area contributed by atoms with E-state index in [0.29, 0.717) is 5.69 Å². The van der Waals surface area contributed by atoms with Crippen LogP contribution < -0.4 is 5.32 Å². The summed E-state index contributed by atoms with van der Waals surface area (Å²) >= 11 is 0. The zero-order valence-electron chi connectivity index (χ0n) is 13.3. The van der Waals surface area contributed by atoms with Crippen LogP contribution in [0.15, 0.2) is 36.4 Å². The van der Waals surface area contributed by atoms with Gasteiger partial charge >= 0.3 is 5.97 Å². The second-order valence-electron chi connectivity index (χ2n) is 5.90. The van der Waals surface area contributed by atoms with E-state index in [1.165, 1.54) is 11.6 Å². The molecule has 1 atom stereocenters. The van der Waals surface area contributed by atoms with Gasteiger partial charge in [0.05, 0.1) is 0 Å². The smallest absolute Gasteiger partial charge is 0.331 e. The summed E-state index contributed by atoms with van der Waals surface area (Å²) in [5.74, 6) is -0.875. The van der Waals surface area contributed by atoms with E-state index < -0.39 is 12.1 Å². The zero-order chi connectivity index (χ0) is 16.0. The Labute approximate surface area is 126 Å². The van der Waals surface area contributed by atoms with Gasteiger partial charge in [-0.2, -0.15) is 0 Å². The highest BCUT2D eigenvalue weighted by Crippen LogP contribution is 2.23. The number of amides is 1. The maximum absolute atomic E-state index is 11.9. The first-order valence-corrected chi connectivity index (χ1v) is 6.98. The highest BCUT2D eigenvalue weighted by molar-refractivity contribution is 5.95. The summed E-state index contributed by atoms with van der Waals surface area (Å²) in [6.45, 7) is 9.64. The number of ether oxygens (including phenoxy) is 1. The molecule has 0 radical (unpaired) electrons. The summed E-state index contributed by atoms with van der Waals surface area (Å²) in [7, 11) is 0. The van der Waals surface area contributed by atoms with Gasteiger partial charge < -0.3 is 10.1 Å². The predicted octanol–water partition coefficient (Wildman–Crippen LogP) is 3.43. The minimum absolute atomic E-state index is 0.0673. The van der Waals surface area contributed by atoms with Crippen molar-refractivity contribution in [2.45, 2.75) is 46.1 Å². The third-order valence-electron chi connectivity index (χ3n) is 2.98. The third-order valence-corrected chi connectivity index (χ3v) is 2.98. The number of carbonyl (C=O) groups excluding carboxylic acids is 2. The van der Waals surface area contributed by atoms with Gasteiger partial charge in [0.25, 0.3) is 5.91 Å². The Morgan fingerprint density at radius 1 is 1.19 bits per heavy atom. The van der Waals surface area contributed by atoms with E-state index in [2.05, 4.69) is 26.1 Å². The van der Waals surface area contributed by atoms with Crippen LogP contribution in [0.3, 0.4) is 0 Å². The normalized spacial score (nSPS) is 13.0. The molecule has 0 heterocycles. The van der Waals surface area contributed by atoms with E-state index in [9.17, 15) is 9.59 Å². The molecule has 1 aromatic carbocycles. The molecule has 0 bridgehead atoms. The number of hydrogen-bond acceptors (Lipinski definition) is 3. The van der Waals surface area contributed by atoms with Gasteiger partial charge in [0.1, 0.15) is 0 Å². The minimum Gasteiger partial charge on any atom is -0.449 e. The average Bonchev–Trinajstić information content (AvgIpc) is 2.38. The van der Waals surface area contributed by atoms with E-state index in [4.69, 9.17) is 4.74 Å². The SMILES string of the molecule is C/C=C/C(=O)OC(C)C(=O)Nc1ccc(C(C)(C)C)cc1. The molecule has 1 N–H and O–H groups in total. The number of hydrogen-bond donors (Lipinski definition) is 1. The average molecular weight is 289 g/mol. The Hall–Kier alpha value is -2.10. The lowest BCUT2D eigenvalue weighted by molar-refractivity contribution is -0.148. The molecule has 0 spiro atoms. The van der Waals surface area contributed by atoms with Crippen molar-refractivity contribution in [3.63, 3.8) is 0 Å². The Kier molecular flexibility index (Phi) is 5.70. The lowest BCUT2D eigenvalue weighted by Crippen LogP contribution is -2.29. The summed E-state index contributed by atoms with van der Waals surface area (Å²) in [4.78, 5) is 23.2. The Morgan fingerprint density at radius 3 is 2.24 bits per heavy atom. The molecule has 0 fully saturated rings. The lowest BCUT2D eigenvalue weighted by Gasteiger charge is -2.19. The fourth-order valence-corrected chi connectivity index (χ4v) is 1.70. The first-order chi connectivity index (χ1) is 9.74. The Morgan fingerprint density at radius 2 is 1.76 bits per heavy atom. The monoisotopic (exact) mass is 289 g/mol. The van der Waals surface area contributed by atoms with Crippen LogP contribution in [0.2, 0.25) is 0 Å². The van der Waals surface area contributed by atoms with Crippen LogP contribution in [-0.2, 0) is 19.7 Å². The second-order valence-corrected chi connectivity index (χ2v) is 5.90. The van der Waals surface area contributed by atoms with Crippen LogP contribution in [-0.4, -0.2) is 18.0 Å². The van der Waals surface area contributed by atoms with Crippen LogP contribution in [0, 0.1) is 0 Å². The second kappa shape index (κ2) is 7.07. The third kappa shape index (κ3) is 5.42. The zero-order valence-corrected chi connectivity index (χ0v) is 13.3. The Balaban J connectivity index is 2.64. The molecule has 0 aliphatic carbocycles. The summed E-state index contributed by atoms with van der Waals surface area (Å²) in [6.07, 6.45) is 2.01. The standard InChI is InChI=1S/C17H23NO3/c1-6-7-15(19)21-12(2)16(20)18-14-10-8-13(9-11-14)17(3,4)5/h6-12H,1-5H3,(H,18,20)/b7-6+. The van der Waals surface area contributed by atoms with Crippen molar-refractivity contribution in [3.05, 3.63) is 42.0 Å². The van der Waals surface area contributed by atoms with Crippen LogP contribution in [0.4, 0.5) is 5.69 Å². The molecule has 0 saturated carbocycles. The summed E-state index contributed by atoms with van der Waals surface area (Å²) < 4.78 is 4.96.